The lowest BCUT2D eigenvalue weighted by molar-refractivity contribution is 0.457. The van der Waals surface area contributed by atoms with E-state index in [0.717, 1.165) is 47.6 Å². The number of aromatic amines is 1. The monoisotopic (exact) mass is 366 g/mol. The van der Waals surface area contributed by atoms with Crippen LogP contribution >= 0.6 is 0 Å². The van der Waals surface area contributed by atoms with Crippen LogP contribution in [-0.4, -0.2) is 37.3 Å². The Labute approximate surface area is 158 Å². The zero-order chi connectivity index (χ0) is 19.2. The summed E-state index contributed by atoms with van der Waals surface area (Å²) in [6.45, 7) is 9.83. The molecule has 0 aliphatic carbocycles. The molecule has 3 aromatic heterocycles. The number of rotatable bonds is 3. The van der Waals surface area contributed by atoms with Crippen molar-refractivity contribution < 1.29 is 0 Å². The van der Waals surface area contributed by atoms with E-state index in [2.05, 4.69) is 45.7 Å². The molecule has 0 bridgehead atoms. The Balaban J connectivity index is 1.67. The molecule has 7 nitrogen and oxygen atoms in total. The molecule has 142 valence electrons. The van der Waals surface area contributed by atoms with Gasteiger partial charge in [-0.3, -0.25) is 4.79 Å². The van der Waals surface area contributed by atoms with Gasteiger partial charge in [-0.1, -0.05) is 20.8 Å². The molecule has 1 aliphatic heterocycles. The minimum absolute atomic E-state index is 0.0570. The summed E-state index contributed by atoms with van der Waals surface area (Å²) in [5, 5.41) is 4.64. The average Bonchev–Trinajstić information content (AvgIpc) is 3.20. The Kier molecular flexibility index (Phi) is 4.25. The average molecular weight is 366 g/mol. The van der Waals surface area contributed by atoms with Gasteiger partial charge in [-0.15, -0.1) is 0 Å². The van der Waals surface area contributed by atoms with Gasteiger partial charge in [0.1, 0.15) is 11.8 Å². The Morgan fingerprint density at radius 2 is 2.07 bits per heavy atom. The zero-order valence-electron chi connectivity index (χ0n) is 16.4. The first-order valence-electron chi connectivity index (χ1n) is 9.48. The lowest BCUT2D eigenvalue weighted by atomic mass is 9.92. The van der Waals surface area contributed by atoms with Crippen LogP contribution < -0.4 is 10.5 Å². The van der Waals surface area contributed by atoms with Gasteiger partial charge in [0.2, 0.25) is 0 Å². The highest BCUT2D eigenvalue weighted by atomic mass is 16.1. The minimum atomic E-state index is -0.0919. The molecule has 27 heavy (non-hydrogen) atoms. The van der Waals surface area contributed by atoms with Gasteiger partial charge in [-0.2, -0.15) is 5.10 Å². The molecule has 4 rings (SSSR count). The van der Waals surface area contributed by atoms with Crippen LogP contribution in [0, 0.1) is 6.92 Å². The zero-order valence-corrected chi connectivity index (χ0v) is 16.4. The maximum absolute atomic E-state index is 12.4. The van der Waals surface area contributed by atoms with Crippen molar-refractivity contribution >= 4 is 16.9 Å². The number of nitrogens with one attached hydrogen (secondary N) is 1. The van der Waals surface area contributed by atoms with E-state index in [0.29, 0.717) is 6.54 Å². The predicted molar refractivity (Wildman–Crippen MR) is 106 cm³/mol. The normalized spacial score (nSPS) is 17.8. The molecule has 1 aliphatic rings. The SMILES string of the molecule is Cc1cc2ncnc(N3CCCC3Cn3nc(C(C)(C)C)ccc3=O)c2[nH]1. The number of hydrogen-bond acceptors (Lipinski definition) is 5. The first-order chi connectivity index (χ1) is 12.8. The van der Waals surface area contributed by atoms with Crippen LogP contribution in [0.5, 0.6) is 0 Å². The van der Waals surface area contributed by atoms with Gasteiger partial charge in [0, 0.05) is 23.7 Å². The number of anilines is 1. The fourth-order valence-electron chi connectivity index (χ4n) is 3.76. The molecule has 7 heteroatoms. The second-order valence-corrected chi connectivity index (χ2v) is 8.39. The Morgan fingerprint density at radius 1 is 1.26 bits per heavy atom. The van der Waals surface area contributed by atoms with Crippen molar-refractivity contribution in [3.8, 4) is 0 Å². The van der Waals surface area contributed by atoms with Crippen molar-refractivity contribution in [2.24, 2.45) is 0 Å². The number of H-pyrrole nitrogens is 1. The summed E-state index contributed by atoms with van der Waals surface area (Å²) < 4.78 is 1.61. The van der Waals surface area contributed by atoms with Crippen molar-refractivity contribution in [2.75, 3.05) is 11.4 Å². The summed E-state index contributed by atoms with van der Waals surface area (Å²) in [6.07, 6.45) is 3.70. The maximum Gasteiger partial charge on any atom is 0.266 e. The van der Waals surface area contributed by atoms with E-state index in [1.54, 1.807) is 17.1 Å². The van der Waals surface area contributed by atoms with E-state index in [9.17, 15) is 4.79 Å². The van der Waals surface area contributed by atoms with Gasteiger partial charge >= 0.3 is 0 Å². The van der Waals surface area contributed by atoms with E-state index in [1.807, 2.05) is 19.1 Å². The van der Waals surface area contributed by atoms with E-state index < -0.39 is 0 Å². The van der Waals surface area contributed by atoms with Crippen molar-refractivity contribution in [2.45, 2.75) is 58.5 Å². The number of aryl methyl sites for hydroxylation is 1. The number of aromatic nitrogens is 5. The second kappa shape index (κ2) is 6.48. The van der Waals surface area contributed by atoms with E-state index in [1.165, 1.54) is 0 Å². The lowest BCUT2D eigenvalue weighted by Gasteiger charge is -2.27. The van der Waals surface area contributed by atoms with Crippen molar-refractivity contribution in [1.82, 2.24) is 24.7 Å². The van der Waals surface area contributed by atoms with Gasteiger partial charge in [-0.05, 0) is 31.9 Å². The topological polar surface area (TPSA) is 79.7 Å². The Hall–Kier alpha value is -2.70. The lowest BCUT2D eigenvalue weighted by Crippen LogP contribution is -2.38. The molecule has 4 heterocycles. The van der Waals surface area contributed by atoms with Gasteiger partial charge in [0.15, 0.2) is 5.82 Å². The summed E-state index contributed by atoms with van der Waals surface area (Å²) in [5.41, 5.74) is 3.73. The highest BCUT2D eigenvalue weighted by molar-refractivity contribution is 5.87. The van der Waals surface area contributed by atoms with E-state index in [-0.39, 0.29) is 17.0 Å². The molecule has 0 radical (unpaired) electrons. The molecular weight excluding hydrogens is 340 g/mol. The molecule has 0 spiro atoms. The number of hydrogen-bond donors (Lipinski definition) is 1. The summed E-state index contributed by atoms with van der Waals surface area (Å²) in [5.74, 6) is 0.913. The minimum Gasteiger partial charge on any atom is -0.354 e. The highest BCUT2D eigenvalue weighted by Crippen LogP contribution is 2.30. The van der Waals surface area contributed by atoms with E-state index >= 15 is 0 Å². The molecule has 1 saturated heterocycles. The van der Waals surface area contributed by atoms with Gasteiger partial charge < -0.3 is 9.88 Å². The molecule has 1 atom stereocenters. The Bertz CT molecular complexity index is 1030. The second-order valence-electron chi connectivity index (χ2n) is 8.39. The molecule has 3 aromatic rings. The van der Waals surface area contributed by atoms with E-state index in [4.69, 9.17) is 0 Å². The predicted octanol–water partition coefficient (Wildman–Crippen LogP) is 2.79. The van der Waals surface area contributed by atoms with Crippen LogP contribution in [0.4, 0.5) is 5.82 Å². The molecular formula is C20H26N6O. The number of nitrogens with zero attached hydrogens (tertiary/aromatic N) is 5. The third kappa shape index (κ3) is 3.34. The maximum atomic E-state index is 12.4. The third-order valence-electron chi connectivity index (χ3n) is 5.20. The Morgan fingerprint density at radius 3 is 2.85 bits per heavy atom. The van der Waals surface area contributed by atoms with Gasteiger partial charge in [0.05, 0.1) is 23.8 Å². The summed E-state index contributed by atoms with van der Waals surface area (Å²) in [6, 6.07) is 5.68. The van der Waals surface area contributed by atoms with Crippen molar-refractivity contribution in [1.29, 1.82) is 0 Å². The molecule has 0 saturated carbocycles. The van der Waals surface area contributed by atoms with Crippen LogP contribution in [0.3, 0.4) is 0 Å². The van der Waals surface area contributed by atoms with Crippen LogP contribution in [-0.2, 0) is 12.0 Å². The third-order valence-corrected chi connectivity index (χ3v) is 5.20. The molecule has 1 N–H and O–H groups in total. The molecule has 1 fully saturated rings. The number of fused-ring (bicyclic) bond motifs is 1. The summed E-state index contributed by atoms with van der Waals surface area (Å²) in [4.78, 5) is 27.0. The first kappa shape index (κ1) is 17.7. The largest absolute Gasteiger partial charge is 0.354 e. The van der Waals surface area contributed by atoms with Crippen LogP contribution in [0.2, 0.25) is 0 Å². The smallest absolute Gasteiger partial charge is 0.266 e. The quantitative estimate of drug-likeness (QED) is 0.771. The fourth-order valence-corrected chi connectivity index (χ4v) is 3.76. The van der Waals surface area contributed by atoms with Gasteiger partial charge in [0.25, 0.3) is 5.56 Å². The van der Waals surface area contributed by atoms with Crippen molar-refractivity contribution in [3.63, 3.8) is 0 Å². The highest BCUT2D eigenvalue weighted by Gasteiger charge is 2.29. The van der Waals surface area contributed by atoms with Crippen molar-refractivity contribution in [3.05, 3.63) is 46.3 Å². The molecule has 0 amide bonds. The van der Waals surface area contributed by atoms with Gasteiger partial charge in [-0.25, -0.2) is 14.6 Å². The first-order valence-corrected chi connectivity index (χ1v) is 9.48. The summed E-state index contributed by atoms with van der Waals surface area (Å²) in [7, 11) is 0. The van der Waals surface area contributed by atoms with Crippen LogP contribution in [0.1, 0.15) is 45.0 Å². The standard InChI is InChI=1S/C20H26N6O/c1-13-10-15-18(23-13)19(22-12-21-15)25-9-5-6-14(25)11-26-17(27)8-7-16(24-26)20(2,3)4/h7-8,10,12,14,23H,5-6,9,11H2,1-4H3. The van der Waals surface area contributed by atoms with Crippen LogP contribution in [0.15, 0.2) is 29.3 Å². The fraction of sp³-hybridized carbons (Fsp3) is 0.500. The molecule has 0 aromatic carbocycles. The molecule has 1 unspecified atom stereocenters. The van der Waals surface area contributed by atoms with Crippen LogP contribution in [0.25, 0.3) is 11.0 Å². The summed E-state index contributed by atoms with van der Waals surface area (Å²) >= 11 is 0.